The van der Waals surface area contributed by atoms with Crippen molar-refractivity contribution < 1.29 is 9.90 Å². The zero-order chi connectivity index (χ0) is 20.7. The summed E-state index contributed by atoms with van der Waals surface area (Å²) < 4.78 is 0. The Hall–Kier alpha value is -3.24. The maximum absolute atomic E-state index is 13.1. The SMILES string of the molecule is CCCc1ccc(C(C)=NNC(=O)C(O)(c2ccccc2)c2ccccc2)cc1. The van der Waals surface area contributed by atoms with Crippen molar-refractivity contribution in [3.05, 3.63) is 107 Å². The lowest BCUT2D eigenvalue weighted by molar-refractivity contribution is -0.136. The molecule has 0 radical (unpaired) electrons. The quantitative estimate of drug-likeness (QED) is 0.467. The normalized spacial score (nSPS) is 11.9. The number of aryl methyl sites for hydroxylation is 1. The van der Waals surface area contributed by atoms with Crippen LogP contribution in [0, 0.1) is 0 Å². The highest BCUT2D eigenvalue weighted by Crippen LogP contribution is 2.29. The Morgan fingerprint density at radius 2 is 1.41 bits per heavy atom. The molecule has 3 aromatic rings. The van der Waals surface area contributed by atoms with Crippen molar-refractivity contribution in [3.8, 4) is 0 Å². The highest BCUT2D eigenvalue weighted by Gasteiger charge is 2.39. The van der Waals surface area contributed by atoms with E-state index >= 15 is 0 Å². The molecule has 0 bridgehead atoms. The summed E-state index contributed by atoms with van der Waals surface area (Å²) in [6, 6.07) is 25.9. The van der Waals surface area contributed by atoms with Gasteiger partial charge in [-0.3, -0.25) is 4.79 Å². The molecule has 3 aromatic carbocycles. The van der Waals surface area contributed by atoms with Gasteiger partial charge < -0.3 is 5.11 Å². The van der Waals surface area contributed by atoms with E-state index in [1.807, 2.05) is 31.2 Å². The first kappa shape index (κ1) is 20.5. The van der Waals surface area contributed by atoms with Crippen molar-refractivity contribution in [2.75, 3.05) is 0 Å². The standard InChI is InChI=1S/C25H26N2O2/c1-3-10-20-15-17-21(18-16-20)19(2)26-27-24(28)25(29,22-11-6-4-7-12-22)23-13-8-5-9-14-23/h4-9,11-18,29H,3,10H2,1-2H3,(H,27,28). The molecule has 148 valence electrons. The molecular weight excluding hydrogens is 360 g/mol. The van der Waals surface area contributed by atoms with Gasteiger partial charge in [0.1, 0.15) is 0 Å². The molecule has 0 saturated carbocycles. The van der Waals surface area contributed by atoms with Crippen molar-refractivity contribution in [2.24, 2.45) is 5.10 Å². The lowest BCUT2D eigenvalue weighted by atomic mass is 9.85. The minimum atomic E-state index is -1.84. The predicted molar refractivity (Wildman–Crippen MR) is 117 cm³/mol. The third kappa shape index (κ3) is 4.61. The summed E-state index contributed by atoms with van der Waals surface area (Å²) in [5.74, 6) is -0.600. The van der Waals surface area contributed by atoms with Gasteiger partial charge in [-0.25, -0.2) is 5.43 Å². The Bertz CT molecular complexity index is 925. The van der Waals surface area contributed by atoms with E-state index in [-0.39, 0.29) is 0 Å². The van der Waals surface area contributed by atoms with Crippen LogP contribution in [-0.2, 0) is 16.8 Å². The Kier molecular flexibility index (Phi) is 6.57. The van der Waals surface area contributed by atoms with Crippen LogP contribution in [0.3, 0.4) is 0 Å². The number of hydrazone groups is 1. The zero-order valence-electron chi connectivity index (χ0n) is 16.8. The number of rotatable bonds is 7. The van der Waals surface area contributed by atoms with Crippen molar-refractivity contribution in [1.29, 1.82) is 0 Å². The molecule has 0 aromatic heterocycles. The monoisotopic (exact) mass is 386 g/mol. The Morgan fingerprint density at radius 1 is 0.897 bits per heavy atom. The van der Waals surface area contributed by atoms with E-state index in [0.29, 0.717) is 16.8 Å². The molecule has 0 fully saturated rings. The Labute approximate surface area is 171 Å². The van der Waals surface area contributed by atoms with E-state index in [4.69, 9.17) is 0 Å². The second kappa shape index (κ2) is 9.30. The van der Waals surface area contributed by atoms with E-state index in [9.17, 15) is 9.90 Å². The molecule has 2 N–H and O–H groups in total. The molecule has 0 unspecified atom stereocenters. The number of carbonyl (C=O) groups is 1. The molecule has 29 heavy (non-hydrogen) atoms. The van der Waals surface area contributed by atoms with E-state index in [1.54, 1.807) is 48.5 Å². The highest BCUT2D eigenvalue weighted by molar-refractivity contribution is 6.00. The zero-order valence-corrected chi connectivity index (χ0v) is 16.8. The molecule has 0 heterocycles. The summed E-state index contributed by atoms with van der Waals surface area (Å²) in [5, 5.41) is 15.7. The van der Waals surface area contributed by atoms with Gasteiger partial charge in [-0.05, 0) is 35.6 Å². The molecule has 1 amide bonds. The molecule has 0 saturated heterocycles. The summed E-state index contributed by atoms with van der Waals surface area (Å²) in [6.45, 7) is 3.98. The fourth-order valence-electron chi connectivity index (χ4n) is 3.27. The fraction of sp³-hybridized carbons (Fsp3) is 0.200. The molecule has 0 spiro atoms. The Morgan fingerprint density at radius 3 is 1.90 bits per heavy atom. The van der Waals surface area contributed by atoms with Crippen LogP contribution in [-0.4, -0.2) is 16.7 Å². The second-order valence-corrected chi connectivity index (χ2v) is 7.03. The smallest absolute Gasteiger partial charge is 0.281 e. The highest BCUT2D eigenvalue weighted by atomic mass is 16.3. The van der Waals surface area contributed by atoms with E-state index in [2.05, 4.69) is 29.6 Å². The third-order valence-electron chi connectivity index (χ3n) is 4.95. The van der Waals surface area contributed by atoms with Gasteiger partial charge in [-0.2, -0.15) is 5.10 Å². The molecule has 0 aliphatic heterocycles. The molecule has 0 atom stereocenters. The molecule has 3 rings (SSSR count). The molecule has 0 aliphatic rings. The first-order valence-corrected chi connectivity index (χ1v) is 9.83. The minimum Gasteiger partial charge on any atom is -0.372 e. The fourth-order valence-corrected chi connectivity index (χ4v) is 3.27. The molecular formula is C25H26N2O2. The van der Waals surface area contributed by atoms with Crippen molar-refractivity contribution in [2.45, 2.75) is 32.3 Å². The van der Waals surface area contributed by atoms with Gasteiger partial charge in [0, 0.05) is 0 Å². The van der Waals surface area contributed by atoms with Crippen LogP contribution in [0.5, 0.6) is 0 Å². The van der Waals surface area contributed by atoms with Crippen LogP contribution >= 0.6 is 0 Å². The first-order chi connectivity index (χ1) is 14.1. The lowest BCUT2D eigenvalue weighted by Crippen LogP contribution is -2.43. The molecule has 0 aliphatic carbocycles. The summed E-state index contributed by atoms with van der Waals surface area (Å²) >= 11 is 0. The lowest BCUT2D eigenvalue weighted by Gasteiger charge is -2.27. The van der Waals surface area contributed by atoms with E-state index in [0.717, 1.165) is 18.4 Å². The van der Waals surface area contributed by atoms with Crippen LogP contribution < -0.4 is 5.43 Å². The number of hydrogen-bond acceptors (Lipinski definition) is 3. The number of nitrogens with one attached hydrogen (secondary N) is 1. The average molecular weight is 386 g/mol. The summed E-state index contributed by atoms with van der Waals surface area (Å²) in [6.07, 6.45) is 2.13. The van der Waals surface area contributed by atoms with Crippen molar-refractivity contribution in [3.63, 3.8) is 0 Å². The number of nitrogens with zero attached hydrogens (tertiary/aromatic N) is 1. The number of amides is 1. The predicted octanol–water partition coefficient (Wildman–Crippen LogP) is 4.42. The number of benzene rings is 3. The van der Waals surface area contributed by atoms with E-state index < -0.39 is 11.5 Å². The number of aliphatic hydroxyl groups is 1. The van der Waals surface area contributed by atoms with Crippen LogP contribution in [0.1, 0.15) is 42.5 Å². The van der Waals surface area contributed by atoms with Crippen molar-refractivity contribution >= 4 is 11.6 Å². The van der Waals surface area contributed by atoms with Crippen LogP contribution in [0.25, 0.3) is 0 Å². The van der Waals surface area contributed by atoms with Gasteiger partial charge in [-0.15, -0.1) is 0 Å². The number of carbonyl (C=O) groups excluding carboxylic acids is 1. The molecule has 4 nitrogen and oxygen atoms in total. The second-order valence-electron chi connectivity index (χ2n) is 7.03. The summed E-state index contributed by atoms with van der Waals surface area (Å²) in [7, 11) is 0. The maximum atomic E-state index is 13.1. The van der Waals surface area contributed by atoms with Crippen LogP contribution in [0.2, 0.25) is 0 Å². The van der Waals surface area contributed by atoms with Gasteiger partial charge in [0.25, 0.3) is 5.91 Å². The van der Waals surface area contributed by atoms with Gasteiger partial charge in [0.15, 0.2) is 5.60 Å². The maximum Gasteiger partial charge on any atom is 0.281 e. The van der Waals surface area contributed by atoms with Crippen LogP contribution in [0.15, 0.2) is 90.0 Å². The topological polar surface area (TPSA) is 61.7 Å². The first-order valence-electron chi connectivity index (χ1n) is 9.83. The summed E-state index contributed by atoms with van der Waals surface area (Å²) in [5.41, 5.74) is 4.56. The van der Waals surface area contributed by atoms with Gasteiger partial charge in [-0.1, -0.05) is 98.3 Å². The van der Waals surface area contributed by atoms with Gasteiger partial charge in [0.2, 0.25) is 0 Å². The van der Waals surface area contributed by atoms with Crippen molar-refractivity contribution in [1.82, 2.24) is 5.43 Å². The van der Waals surface area contributed by atoms with E-state index in [1.165, 1.54) is 5.56 Å². The Balaban J connectivity index is 1.86. The molecule has 4 heteroatoms. The summed E-state index contributed by atoms with van der Waals surface area (Å²) in [4.78, 5) is 13.1. The average Bonchev–Trinajstić information content (AvgIpc) is 2.78. The third-order valence-corrected chi connectivity index (χ3v) is 4.95. The van der Waals surface area contributed by atoms with Crippen LogP contribution in [0.4, 0.5) is 0 Å². The largest absolute Gasteiger partial charge is 0.372 e. The minimum absolute atomic E-state index is 0.487. The van der Waals surface area contributed by atoms with Gasteiger partial charge >= 0.3 is 0 Å². The number of hydrogen-bond donors (Lipinski definition) is 2. The van der Waals surface area contributed by atoms with Gasteiger partial charge in [0.05, 0.1) is 5.71 Å².